The molecule has 1 rings (SSSR count). The van der Waals surface area contributed by atoms with E-state index in [1.165, 1.54) is 0 Å². The van der Waals surface area contributed by atoms with Crippen molar-refractivity contribution in [2.24, 2.45) is 0 Å². The molecule has 1 aromatic rings. The van der Waals surface area contributed by atoms with E-state index >= 15 is 0 Å². The quantitative estimate of drug-likeness (QED) is 0.837. The summed E-state index contributed by atoms with van der Waals surface area (Å²) < 4.78 is 5.73. The first-order valence-electron chi connectivity index (χ1n) is 5.40. The van der Waals surface area contributed by atoms with Gasteiger partial charge in [0.05, 0.1) is 18.1 Å². The van der Waals surface area contributed by atoms with Gasteiger partial charge in [-0.15, -0.1) is 0 Å². The summed E-state index contributed by atoms with van der Waals surface area (Å²) in [5.41, 5.74) is 0.884. The van der Waals surface area contributed by atoms with E-state index in [1.54, 1.807) is 6.92 Å². The van der Waals surface area contributed by atoms with Gasteiger partial charge in [-0.05, 0) is 48.0 Å². The number of esters is 1. The number of nitrogens with one attached hydrogen (secondary N) is 1. The summed E-state index contributed by atoms with van der Waals surface area (Å²) in [6.45, 7) is 4.13. The number of carbonyl (C=O) groups excluding carboxylic acids is 1. The predicted molar refractivity (Wildman–Crippen MR) is 73.5 cm³/mol. The molecule has 3 nitrogen and oxygen atoms in total. The number of ether oxygens (including phenoxy) is 1. The van der Waals surface area contributed by atoms with Crippen molar-refractivity contribution in [3.05, 3.63) is 27.7 Å². The van der Waals surface area contributed by atoms with Crippen LogP contribution in [0.15, 0.2) is 22.7 Å². The van der Waals surface area contributed by atoms with E-state index in [4.69, 9.17) is 16.3 Å². The predicted octanol–water partition coefficient (Wildman–Crippen LogP) is 3.86. The van der Waals surface area contributed by atoms with E-state index in [-0.39, 0.29) is 12.0 Å². The summed E-state index contributed by atoms with van der Waals surface area (Å²) in [6, 6.07) is 5.58. The Morgan fingerprint density at radius 1 is 1.59 bits per heavy atom. The number of anilines is 1. The van der Waals surface area contributed by atoms with Gasteiger partial charge in [0, 0.05) is 16.2 Å². The van der Waals surface area contributed by atoms with Crippen LogP contribution in [0.5, 0.6) is 0 Å². The van der Waals surface area contributed by atoms with Gasteiger partial charge in [0.2, 0.25) is 0 Å². The smallest absolute Gasteiger partial charge is 0.307 e. The number of halogens is 2. The number of hydrogen-bond donors (Lipinski definition) is 1. The third-order valence-electron chi connectivity index (χ3n) is 2.11. The van der Waals surface area contributed by atoms with Crippen molar-refractivity contribution in [1.29, 1.82) is 0 Å². The molecule has 0 fully saturated rings. The van der Waals surface area contributed by atoms with E-state index < -0.39 is 0 Å². The van der Waals surface area contributed by atoms with Crippen LogP contribution in [0.2, 0.25) is 5.02 Å². The van der Waals surface area contributed by atoms with Crippen LogP contribution in [0, 0.1) is 0 Å². The first-order chi connectivity index (χ1) is 8.02. The van der Waals surface area contributed by atoms with Crippen molar-refractivity contribution in [2.45, 2.75) is 26.3 Å². The van der Waals surface area contributed by atoms with Gasteiger partial charge in [-0.2, -0.15) is 0 Å². The van der Waals surface area contributed by atoms with Gasteiger partial charge in [0.1, 0.15) is 0 Å². The molecule has 0 bridgehead atoms. The minimum Gasteiger partial charge on any atom is -0.466 e. The average Bonchev–Trinajstić information content (AvgIpc) is 2.23. The summed E-state index contributed by atoms with van der Waals surface area (Å²) >= 11 is 9.30. The Labute approximate surface area is 115 Å². The summed E-state index contributed by atoms with van der Waals surface area (Å²) in [5, 5.41) is 3.83. The Balaban J connectivity index is 2.53. The average molecular weight is 321 g/mol. The van der Waals surface area contributed by atoms with Crippen LogP contribution in [0.1, 0.15) is 20.3 Å². The molecule has 5 heteroatoms. The lowest BCUT2D eigenvalue weighted by Gasteiger charge is -2.14. The molecule has 94 valence electrons. The second-order valence-electron chi connectivity index (χ2n) is 3.68. The van der Waals surface area contributed by atoms with Crippen molar-refractivity contribution >= 4 is 39.2 Å². The highest BCUT2D eigenvalue weighted by Crippen LogP contribution is 2.25. The van der Waals surface area contributed by atoms with E-state index in [2.05, 4.69) is 21.2 Å². The zero-order chi connectivity index (χ0) is 12.8. The number of benzene rings is 1. The first kappa shape index (κ1) is 14.3. The minimum absolute atomic E-state index is 0.00583. The van der Waals surface area contributed by atoms with Crippen LogP contribution in [0.4, 0.5) is 5.69 Å². The Bertz CT molecular complexity index is 398. The first-order valence-corrected chi connectivity index (χ1v) is 6.57. The molecule has 1 unspecified atom stereocenters. The molecule has 0 aliphatic heterocycles. The highest BCUT2D eigenvalue weighted by atomic mass is 79.9. The molecule has 0 aromatic heterocycles. The monoisotopic (exact) mass is 319 g/mol. The van der Waals surface area contributed by atoms with Crippen molar-refractivity contribution in [1.82, 2.24) is 0 Å². The van der Waals surface area contributed by atoms with Gasteiger partial charge in [-0.3, -0.25) is 4.79 Å². The molecular weight excluding hydrogens is 305 g/mol. The molecule has 0 radical (unpaired) electrons. The van der Waals surface area contributed by atoms with E-state index in [9.17, 15) is 4.79 Å². The second kappa shape index (κ2) is 6.87. The normalized spacial score (nSPS) is 12.0. The maximum absolute atomic E-state index is 11.3. The highest BCUT2D eigenvalue weighted by Gasteiger charge is 2.10. The van der Waals surface area contributed by atoms with Crippen molar-refractivity contribution in [3.63, 3.8) is 0 Å². The topological polar surface area (TPSA) is 38.3 Å². The maximum Gasteiger partial charge on any atom is 0.307 e. The summed E-state index contributed by atoms with van der Waals surface area (Å²) in [7, 11) is 0. The van der Waals surface area contributed by atoms with E-state index in [0.717, 1.165) is 10.2 Å². The molecule has 1 N–H and O–H groups in total. The van der Waals surface area contributed by atoms with Crippen molar-refractivity contribution in [3.8, 4) is 0 Å². The summed E-state index contributed by atoms with van der Waals surface area (Å²) in [5.74, 6) is -0.198. The van der Waals surface area contributed by atoms with Crippen LogP contribution < -0.4 is 5.32 Å². The largest absolute Gasteiger partial charge is 0.466 e. The molecular formula is C12H15BrClNO2. The van der Waals surface area contributed by atoms with Gasteiger partial charge < -0.3 is 10.1 Å². The Hall–Kier alpha value is -0.740. The fourth-order valence-corrected chi connectivity index (χ4v) is 1.82. The molecule has 1 atom stereocenters. The van der Waals surface area contributed by atoms with Crippen molar-refractivity contribution in [2.75, 3.05) is 11.9 Å². The third kappa shape index (κ3) is 4.96. The molecule has 0 saturated heterocycles. The molecule has 0 spiro atoms. The van der Waals surface area contributed by atoms with Crippen molar-refractivity contribution < 1.29 is 9.53 Å². The molecule has 0 heterocycles. The lowest BCUT2D eigenvalue weighted by Crippen LogP contribution is -2.20. The molecule has 1 aromatic carbocycles. The molecule has 0 amide bonds. The third-order valence-corrected chi connectivity index (χ3v) is 3.34. The van der Waals surface area contributed by atoms with Gasteiger partial charge in [-0.25, -0.2) is 0 Å². The zero-order valence-corrected chi connectivity index (χ0v) is 12.1. The Kier molecular flexibility index (Phi) is 5.78. The summed E-state index contributed by atoms with van der Waals surface area (Å²) in [4.78, 5) is 11.3. The zero-order valence-electron chi connectivity index (χ0n) is 9.80. The van der Waals surface area contributed by atoms with Crippen LogP contribution in [-0.2, 0) is 9.53 Å². The SMILES string of the molecule is CCOC(=O)CC(C)Nc1ccc(Br)c(Cl)c1. The fourth-order valence-electron chi connectivity index (χ4n) is 1.39. The van der Waals surface area contributed by atoms with Gasteiger partial charge >= 0.3 is 5.97 Å². The van der Waals surface area contributed by atoms with Gasteiger partial charge in [0.25, 0.3) is 0 Å². The van der Waals surface area contributed by atoms with Crippen LogP contribution in [-0.4, -0.2) is 18.6 Å². The Morgan fingerprint density at radius 3 is 2.88 bits per heavy atom. The highest BCUT2D eigenvalue weighted by molar-refractivity contribution is 9.10. The molecule has 17 heavy (non-hydrogen) atoms. The number of rotatable bonds is 5. The van der Waals surface area contributed by atoms with E-state index in [0.29, 0.717) is 18.1 Å². The fraction of sp³-hybridized carbons (Fsp3) is 0.417. The lowest BCUT2D eigenvalue weighted by molar-refractivity contribution is -0.143. The Morgan fingerprint density at radius 2 is 2.29 bits per heavy atom. The van der Waals surface area contributed by atoms with Crippen LogP contribution in [0.3, 0.4) is 0 Å². The second-order valence-corrected chi connectivity index (χ2v) is 4.94. The minimum atomic E-state index is -0.198. The maximum atomic E-state index is 11.3. The standard InChI is InChI=1S/C12H15BrClNO2/c1-3-17-12(16)6-8(2)15-9-4-5-10(13)11(14)7-9/h4-5,7-8,15H,3,6H2,1-2H3. The molecule has 0 aliphatic rings. The lowest BCUT2D eigenvalue weighted by atomic mass is 10.2. The van der Waals surface area contributed by atoms with E-state index in [1.807, 2.05) is 25.1 Å². The summed E-state index contributed by atoms with van der Waals surface area (Å²) in [6.07, 6.45) is 0.335. The molecule has 0 saturated carbocycles. The van der Waals surface area contributed by atoms with Gasteiger partial charge in [-0.1, -0.05) is 11.6 Å². The number of carbonyl (C=O) groups is 1. The number of hydrogen-bond acceptors (Lipinski definition) is 3. The molecule has 0 aliphatic carbocycles. The van der Waals surface area contributed by atoms with Crippen LogP contribution >= 0.6 is 27.5 Å². The van der Waals surface area contributed by atoms with Crippen LogP contribution in [0.25, 0.3) is 0 Å². The van der Waals surface area contributed by atoms with Gasteiger partial charge in [0.15, 0.2) is 0 Å².